The average molecular weight is 564 g/mol. The first-order chi connectivity index (χ1) is 17.9. The molecule has 38 heavy (non-hydrogen) atoms. The number of benzene rings is 2. The van der Waals surface area contributed by atoms with Gasteiger partial charge >= 0.3 is 12.2 Å². The minimum atomic E-state index is -0.870. The number of hydrogen-bond acceptors (Lipinski definition) is 8. The molecule has 0 radical (unpaired) electrons. The van der Waals surface area contributed by atoms with E-state index in [1.54, 1.807) is 32.9 Å². The summed E-state index contributed by atoms with van der Waals surface area (Å²) in [6, 6.07) is 6.22. The van der Waals surface area contributed by atoms with Crippen LogP contribution in [0.4, 0.5) is 31.2 Å². The summed E-state index contributed by atoms with van der Waals surface area (Å²) in [5.74, 6) is -0.0809. The van der Waals surface area contributed by atoms with Crippen molar-refractivity contribution in [2.45, 2.75) is 32.0 Å². The van der Waals surface area contributed by atoms with Gasteiger partial charge in [-0.25, -0.2) is 23.9 Å². The summed E-state index contributed by atoms with van der Waals surface area (Å²) in [4.78, 5) is 36.8. The van der Waals surface area contributed by atoms with Gasteiger partial charge in [0, 0.05) is 11.5 Å². The summed E-state index contributed by atoms with van der Waals surface area (Å²) in [7, 11) is 1.47. The number of hydrogen-bond donors (Lipinski definition) is 1. The molecule has 0 saturated carbocycles. The molecule has 13 heteroatoms. The van der Waals surface area contributed by atoms with Crippen LogP contribution in [0.5, 0.6) is 5.75 Å². The summed E-state index contributed by atoms with van der Waals surface area (Å²) in [6.45, 7) is 5.94. The van der Waals surface area contributed by atoms with Crippen LogP contribution < -0.4 is 15.0 Å². The van der Waals surface area contributed by atoms with Gasteiger partial charge in [0.15, 0.2) is 11.4 Å². The van der Waals surface area contributed by atoms with Crippen molar-refractivity contribution >= 4 is 63.5 Å². The third-order valence-electron chi connectivity index (χ3n) is 6.10. The Labute approximate surface area is 227 Å². The second-order valence-corrected chi connectivity index (χ2v) is 10.9. The van der Waals surface area contributed by atoms with Gasteiger partial charge in [-0.1, -0.05) is 23.2 Å². The normalized spacial score (nSPS) is 16.4. The molecule has 2 fully saturated rings. The van der Waals surface area contributed by atoms with Gasteiger partial charge in [-0.15, -0.1) is 0 Å². The van der Waals surface area contributed by atoms with E-state index in [1.165, 1.54) is 35.4 Å². The van der Waals surface area contributed by atoms with Crippen LogP contribution in [-0.4, -0.2) is 65.0 Å². The van der Waals surface area contributed by atoms with E-state index >= 15 is 0 Å². The number of likely N-dealkylation sites (tertiary alicyclic amines) is 1. The molecule has 200 valence electrons. The number of halogens is 3. The second kappa shape index (κ2) is 9.32. The minimum Gasteiger partial charge on any atom is -0.494 e. The number of fused-ring (bicyclic) bond motifs is 1. The number of anilines is 3. The molecule has 0 bridgehead atoms. The summed E-state index contributed by atoms with van der Waals surface area (Å²) < 4.78 is 31.4. The van der Waals surface area contributed by atoms with Gasteiger partial charge in [0.05, 0.1) is 53.7 Å². The number of nitrogens with one attached hydrogen (secondary N) is 1. The maximum absolute atomic E-state index is 14.7. The summed E-state index contributed by atoms with van der Waals surface area (Å²) in [5, 5.41) is 3.28. The van der Waals surface area contributed by atoms with Crippen molar-refractivity contribution < 1.29 is 28.2 Å². The summed E-state index contributed by atoms with van der Waals surface area (Å²) in [6.07, 6.45) is 0.259. The van der Waals surface area contributed by atoms with Gasteiger partial charge in [0.25, 0.3) is 0 Å². The monoisotopic (exact) mass is 563 g/mol. The summed E-state index contributed by atoms with van der Waals surface area (Å²) in [5.41, 5.74) is -0.542. The number of ether oxygens (including phenoxy) is 3. The van der Waals surface area contributed by atoms with Crippen LogP contribution in [0.2, 0.25) is 10.0 Å². The molecule has 0 aliphatic carbocycles. The highest BCUT2D eigenvalue weighted by atomic mass is 35.5. The van der Waals surface area contributed by atoms with Crippen LogP contribution in [-0.2, 0) is 9.47 Å². The van der Waals surface area contributed by atoms with E-state index in [-0.39, 0.29) is 41.2 Å². The Bertz CT molecular complexity index is 1460. The van der Waals surface area contributed by atoms with E-state index < -0.39 is 29.2 Å². The number of carbonyl (C=O) groups is 2. The Hall–Kier alpha value is -3.57. The minimum absolute atomic E-state index is 0.0630. The standard InChI is InChI=1S/C25H24Cl2FN5O5/c1-24(2,3)37-22(34)32-9-25(10-32)11-33(23(35)38-25)17-7-13-16(8-18(17)36-4)29-12-30-21(13)31-15-6-5-14(26)19(27)20(15)28/h5-8,12H,9-11H2,1-4H3,(H,29,30,31). The van der Waals surface area contributed by atoms with Gasteiger partial charge in [-0.2, -0.15) is 0 Å². The Balaban J connectivity index is 1.44. The predicted octanol–water partition coefficient (Wildman–Crippen LogP) is 5.77. The Morgan fingerprint density at radius 3 is 2.61 bits per heavy atom. The number of aromatic nitrogens is 2. The predicted molar refractivity (Wildman–Crippen MR) is 140 cm³/mol. The van der Waals surface area contributed by atoms with Crippen LogP contribution in [0.15, 0.2) is 30.6 Å². The smallest absolute Gasteiger partial charge is 0.415 e. The second-order valence-electron chi connectivity index (χ2n) is 10.1. The fourth-order valence-electron chi connectivity index (χ4n) is 4.37. The van der Waals surface area contributed by atoms with Gasteiger partial charge in [-0.05, 0) is 39.0 Å². The number of amides is 2. The van der Waals surface area contributed by atoms with Crippen LogP contribution >= 0.6 is 23.2 Å². The van der Waals surface area contributed by atoms with E-state index in [1.807, 2.05) is 0 Å². The molecular formula is C25H24Cl2FN5O5. The first kappa shape index (κ1) is 26.1. The van der Waals surface area contributed by atoms with Gasteiger partial charge in [0.1, 0.15) is 23.5 Å². The van der Waals surface area contributed by atoms with Crippen LogP contribution in [0.1, 0.15) is 20.8 Å². The van der Waals surface area contributed by atoms with Crippen LogP contribution in [0, 0.1) is 5.82 Å². The van der Waals surface area contributed by atoms with Crippen LogP contribution in [0.3, 0.4) is 0 Å². The quantitative estimate of drug-likeness (QED) is 0.398. The molecule has 1 N–H and O–H groups in total. The first-order valence-electron chi connectivity index (χ1n) is 11.6. The lowest BCUT2D eigenvalue weighted by Gasteiger charge is -2.45. The van der Waals surface area contributed by atoms with Crippen molar-refractivity contribution in [3.63, 3.8) is 0 Å². The lowest BCUT2D eigenvalue weighted by molar-refractivity contribution is -0.0779. The van der Waals surface area contributed by atoms with E-state index in [0.29, 0.717) is 22.3 Å². The molecular weight excluding hydrogens is 540 g/mol. The highest BCUT2D eigenvalue weighted by Crippen LogP contribution is 2.42. The number of carbonyl (C=O) groups excluding carboxylic acids is 2. The van der Waals surface area contributed by atoms with E-state index in [0.717, 1.165) is 0 Å². The topological polar surface area (TPSA) is 106 Å². The zero-order valence-electron chi connectivity index (χ0n) is 21.0. The van der Waals surface area contributed by atoms with Gasteiger partial charge < -0.3 is 19.5 Å². The molecule has 0 unspecified atom stereocenters. The third kappa shape index (κ3) is 4.71. The molecule has 3 heterocycles. The maximum Gasteiger partial charge on any atom is 0.415 e. The molecule has 2 saturated heterocycles. The lowest BCUT2D eigenvalue weighted by Crippen LogP contribution is -2.66. The SMILES string of the molecule is COc1cc2ncnc(Nc3ccc(Cl)c(Cl)c3F)c2cc1N1CC2(CN(C(=O)OC(C)(C)C)C2)OC1=O. The molecule has 5 rings (SSSR count). The molecule has 2 aromatic carbocycles. The van der Waals surface area contributed by atoms with Crippen molar-refractivity contribution in [3.05, 3.63) is 46.5 Å². The number of nitrogens with zero attached hydrogens (tertiary/aromatic N) is 4. The zero-order chi connectivity index (χ0) is 27.4. The van der Waals surface area contributed by atoms with Crippen molar-refractivity contribution in [2.75, 3.05) is 37.0 Å². The third-order valence-corrected chi connectivity index (χ3v) is 6.88. The van der Waals surface area contributed by atoms with Crippen molar-refractivity contribution in [1.29, 1.82) is 0 Å². The van der Waals surface area contributed by atoms with Gasteiger partial charge in [0.2, 0.25) is 0 Å². The molecule has 10 nitrogen and oxygen atoms in total. The Morgan fingerprint density at radius 1 is 1.18 bits per heavy atom. The Morgan fingerprint density at radius 2 is 1.92 bits per heavy atom. The molecule has 2 aliphatic heterocycles. The van der Waals surface area contributed by atoms with E-state index in [4.69, 9.17) is 37.4 Å². The van der Waals surface area contributed by atoms with Crippen molar-refractivity contribution in [1.82, 2.24) is 14.9 Å². The lowest BCUT2D eigenvalue weighted by atomic mass is 9.94. The zero-order valence-corrected chi connectivity index (χ0v) is 22.5. The van der Waals surface area contributed by atoms with Crippen molar-refractivity contribution in [3.8, 4) is 5.75 Å². The molecule has 2 amide bonds. The molecule has 1 aromatic heterocycles. The molecule has 3 aromatic rings. The fourth-order valence-corrected chi connectivity index (χ4v) is 4.69. The number of methoxy groups -OCH3 is 1. The van der Waals surface area contributed by atoms with Gasteiger partial charge in [-0.3, -0.25) is 9.80 Å². The first-order valence-corrected chi connectivity index (χ1v) is 12.4. The van der Waals surface area contributed by atoms with E-state index in [9.17, 15) is 14.0 Å². The Kier molecular flexibility index (Phi) is 6.39. The largest absolute Gasteiger partial charge is 0.494 e. The molecule has 1 spiro atoms. The highest BCUT2D eigenvalue weighted by molar-refractivity contribution is 6.42. The average Bonchev–Trinajstić information content (AvgIpc) is 3.19. The number of rotatable bonds is 4. The van der Waals surface area contributed by atoms with Crippen LogP contribution in [0.25, 0.3) is 10.9 Å². The summed E-state index contributed by atoms with van der Waals surface area (Å²) >= 11 is 11.9. The highest BCUT2D eigenvalue weighted by Gasteiger charge is 2.56. The maximum atomic E-state index is 14.7. The molecule has 2 aliphatic rings. The van der Waals surface area contributed by atoms with E-state index in [2.05, 4.69) is 15.3 Å². The molecule has 0 atom stereocenters. The van der Waals surface area contributed by atoms with Crippen molar-refractivity contribution in [2.24, 2.45) is 0 Å². The fraction of sp³-hybridized carbons (Fsp3) is 0.360.